The van der Waals surface area contributed by atoms with Crippen LogP contribution in [0.15, 0.2) is 91.0 Å². The van der Waals surface area contributed by atoms with E-state index < -0.39 is 0 Å². The molecule has 4 aromatic rings. The van der Waals surface area contributed by atoms with E-state index in [1.54, 1.807) is 39.5 Å². The van der Waals surface area contributed by atoms with Crippen LogP contribution in [0.1, 0.15) is 11.1 Å². The van der Waals surface area contributed by atoms with Gasteiger partial charge in [-0.1, -0.05) is 60.7 Å². The van der Waals surface area contributed by atoms with Crippen molar-refractivity contribution in [1.82, 2.24) is 0 Å². The number of benzene rings is 4. The number of nitrogens with one attached hydrogen (secondary N) is 2. The Morgan fingerprint density at radius 1 is 0.816 bits per heavy atom. The Balaban J connectivity index is 1.36. The molecule has 0 saturated heterocycles. The number of hydrogen-bond donors (Lipinski definition) is 3. The molecule has 4 aromatic carbocycles. The van der Waals surface area contributed by atoms with E-state index in [1.165, 1.54) is 6.08 Å². The number of hydrogen-bond acceptors (Lipinski definition) is 6. The highest BCUT2D eigenvalue weighted by molar-refractivity contribution is 6.03. The number of carbonyl (C=O) groups excluding carboxylic acids is 1. The molecule has 0 spiro atoms. The fraction of sp³-hybridized carbons (Fsp3) is 0.129. The Kier molecular flexibility index (Phi) is 8.51. The highest BCUT2D eigenvalue weighted by Crippen LogP contribution is 2.40. The summed E-state index contributed by atoms with van der Waals surface area (Å²) in [4.78, 5) is 12.5. The van der Waals surface area contributed by atoms with E-state index >= 15 is 0 Å². The summed E-state index contributed by atoms with van der Waals surface area (Å²) < 4.78 is 16.2. The van der Waals surface area contributed by atoms with Gasteiger partial charge in [0.05, 0.1) is 27.0 Å². The minimum absolute atomic E-state index is 0.00961. The van der Waals surface area contributed by atoms with Gasteiger partial charge < -0.3 is 30.0 Å². The number of amides is 1. The van der Waals surface area contributed by atoms with E-state index in [9.17, 15) is 9.90 Å². The molecule has 194 valence electrons. The van der Waals surface area contributed by atoms with Crippen LogP contribution in [0.25, 0.3) is 17.2 Å². The molecular formula is C31H30N2O5. The monoisotopic (exact) mass is 510 g/mol. The highest BCUT2D eigenvalue weighted by Gasteiger charge is 2.13. The summed E-state index contributed by atoms with van der Waals surface area (Å²) in [6.45, 7) is 0.583. The van der Waals surface area contributed by atoms with E-state index in [-0.39, 0.29) is 11.7 Å². The van der Waals surface area contributed by atoms with Gasteiger partial charge in [-0.05, 0) is 40.5 Å². The van der Waals surface area contributed by atoms with Crippen LogP contribution >= 0.6 is 0 Å². The zero-order valence-electron chi connectivity index (χ0n) is 21.5. The summed E-state index contributed by atoms with van der Waals surface area (Å²) in [5.74, 6) is 1.37. The predicted molar refractivity (Wildman–Crippen MR) is 151 cm³/mol. The predicted octanol–water partition coefficient (Wildman–Crippen LogP) is 6.35. The second-order valence-electron chi connectivity index (χ2n) is 8.43. The number of methoxy groups -OCH3 is 3. The number of aromatic hydroxyl groups is 1. The standard InChI is InChI=1S/C31H30N2O5/c1-36-28-18-25(19-29(37-2)31(28)38-3)32-20-22-11-9-21(10-12-22)13-16-30(35)33-26-17-24(14-15-27(26)34)23-7-5-4-6-8-23/h4-19,32,34H,20H2,1-3H3,(H,33,35)/b16-13+. The third-order valence-electron chi connectivity index (χ3n) is 5.93. The first-order valence-electron chi connectivity index (χ1n) is 12.0. The Morgan fingerprint density at radius 3 is 2.13 bits per heavy atom. The summed E-state index contributed by atoms with van der Waals surface area (Å²) >= 11 is 0. The summed E-state index contributed by atoms with van der Waals surface area (Å²) in [6.07, 6.45) is 3.17. The molecule has 7 nitrogen and oxygen atoms in total. The number of phenolic OH excluding ortho intramolecular Hbond substituents is 1. The van der Waals surface area contributed by atoms with E-state index in [1.807, 2.05) is 72.8 Å². The van der Waals surface area contributed by atoms with Crippen molar-refractivity contribution >= 4 is 23.4 Å². The Hall–Kier alpha value is -4.91. The van der Waals surface area contributed by atoms with E-state index in [0.29, 0.717) is 29.5 Å². The molecule has 0 saturated carbocycles. The molecule has 4 rings (SSSR count). The SMILES string of the molecule is COc1cc(NCc2ccc(/C=C/C(=O)Nc3cc(-c4ccccc4)ccc3O)cc2)cc(OC)c1OC. The lowest BCUT2D eigenvalue weighted by molar-refractivity contribution is -0.111. The first-order valence-corrected chi connectivity index (χ1v) is 12.0. The molecular weight excluding hydrogens is 480 g/mol. The van der Waals surface area contributed by atoms with Gasteiger partial charge in [-0.2, -0.15) is 0 Å². The molecule has 0 aliphatic heterocycles. The number of ether oxygens (including phenoxy) is 3. The molecule has 0 unspecified atom stereocenters. The van der Waals surface area contributed by atoms with Crippen LogP contribution in [0.4, 0.5) is 11.4 Å². The van der Waals surface area contributed by atoms with Crippen molar-refractivity contribution in [3.63, 3.8) is 0 Å². The summed E-state index contributed by atoms with van der Waals surface area (Å²) in [5, 5.41) is 16.3. The van der Waals surface area contributed by atoms with Crippen molar-refractivity contribution in [2.24, 2.45) is 0 Å². The van der Waals surface area contributed by atoms with Crippen LogP contribution in [0, 0.1) is 0 Å². The van der Waals surface area contributed by atoms with Gasteiger partial charge in [0.2, 0.25) is 11.7 Å². The van der Waals surface area contributed by atoms with Crippen LogP contribution in [-0.4, -0.2) is 32.3 Å². The van der Waals surface area contributed by atoms with Gasteiger partial charge in [-0.15, -0.1) is 0 Å². The van der Waals surface area contributed by atoms with Crippen LogP contribution in [0.3, 0.4) is 0 Å². The van der Waals surface area contributed by atoms with Crippen LogP contribution in [0.2, 0.25) is 0 Å². The van der Waals surface area contributed by atoms with Crippen LogP contribution in [0.5, 0.6) is 23.0 Å². The molecule has 0 atom stereocenters. The van der Waals surface area contributed by atoms with Crippen molar-refractivity contribution in [2.75, 3.05) is 32.0 Å². The molecule has 7 heteroatoms. The number of carbonyl (C=O) groups is 1. The third kappa shape index (κ3) is 6.44. The molecule has 0 aromatic heterocycles. The number of anilines is 2. The molecule has 0 aliphatic carbocycles. The van der Waals surface area contributed by atoms with Gasteiger partial charge in [0.25, 0.3) is 0 Å². The summed E-state index contributed by atoms with van der Waals surface area (Å²) in [5.41, 5.74) is 5.02. The van der Waals surface area contributed by atoms with Gasteiger partial charge in [0.15, 0.2) is 11.5 Å². The zero-order valence-corrected chi connectivity index (χ0v) is 21.5. The van der Waals surface area contributed by atoms with Crippen molar-refractivity contribution in [1.29, 1.82) is 0 Å². The smallest absolute Gasteiger partial charge is 0.248 e. The lowest BCUT2D eigenvalue weighted by atomic mass is 10.0. The minimum Gasteiger partial charge on any atom is -0.506 e. The van der Waals surface area contributed by atoms with Gasteiger partial charge in [-0.25, -0.2) is 0 Å². The normalized spacial score (nSPS) is 10.7. The van der Waals surface area contributed by atoms with Gasteiger partial charge in [0.1, 0.15) is 5.75 Å². The van der Waals surface area contributed by atoms with Gasteiger partial charge in [0, 0.05) is 30.4 Å². The van der Waals surface area contributed by atoms with Crippen molar-refractivity contribution in [3.05, 3.63) is 102 Å². The average molecular weight is 511 g/mol. The first-order chi connectivity index (χ1) is 18.5. The summed E-state index contributed by atoms with van der Waals surface area (Å²) in [6, 6.07) is 26.5. The molecule has 1 amide bonds. The van der Waals surface area contributed by atoms with Gasteiger partial charge >= 0.3 is 0 Å². The van der Waals surface area contributed by atoms with E-state index in [2.05, 4.69) is 10.6 Å². The molecule has 0 fully saturated rings. The van der Waals surface area contributed by atoms with Gasteiger partial charge in [-0.3, -0.25) is 4.79 Å². The van der Waals surface area contributed by atoms with E-state index in [4.69, 9.17) is 14.2 Å². The summed E-state index contributed by atoms with van der Waals surface area (Å²) in [7, 11) is 4.73. The molecule has 38 heavy (non-hydrogen) atoms. The third-order valence-corrected chi connectivity index (χ3v) is 5.93. The van der Waals surface area contributed by atoms with Crippen molar-refractivity contribution in [3.8, 4) is 34.1 Å². The number of phenols is 1. The van der Waals surface area contributed by atoms with Crippen LogP contribution < -0.4 is 24.8 Å². The second-order valence-corrected chi connectivity index (χ2v) is 8.43. The lowest BCUT2D eigenvalue weighted by Gasteiger charge is -2.15. The zero-order chi connectivity index (χ0) is 26.9. The minimum atomic E-state index is -0.335. The maximum absolute atomic E-state index is 12.5. The fourth-order valence-corrected chi connectivity index (χ4v) is 3.93. The quantitative estimate of drug-likeness (QED) is 0.170. The maximum atomic E-state index is 12.5. The van der Waals surface area contributed by atoms with Crippen LogP contribution in [-0.2, 0) is 11.3 Å². The van der Waals surface area contributed by atoms with Crippen molar-refractivity contribution < 1.29 is 24.1 Å². The first kappa shape index (κ1) is 26.2. The maximum Gasteiger partial charge on any atom is 0.248 e. The Bertz CT molecular complexity index is 1390. The topological polar surface area (TPSA) is 89.1 Å². The highest BCUT2D eigenvalue weighted by atomic mass is 16.5. The Labute approximate surface area is 222 Å². The average Bonchev–Trinajstić information content (AvgIpc) is 2.96. The largest absolute Gasteiger partial charge is 0.506 e. The molecule has 0 bridgehead atoms. The molecule has 3 N–H and O–H groups in total. The molecule has 0 radical (unpaired) electrons. The lowest BCUT2D eigenvalue weighted by Crippen LogP contribution is -2.08. The fourth-order valence-electron chi connectivity index (χ4n) is 3.93. The Morgan fingerprint density at radius 2 is 1.50 bits per heavy atom. The number of rotatable bonds is 10. The van der Waals surface area contributed by atoms with Crippen molar-refractivity contribution in [2.45, 2.75) is 6.54 Å². The molecule has 0 aliphatic rings. The van der Waals surface area contributed by atoms with E-state index in [0.717, 1.165) is 27.9 Å². The second kappa shape index (κ2) is 12.4. The molecule has 0 heterocycles.